The number of fused-ring (bicyclic) bond motifs is 1. The highest BCUT2D eigenvalue weighted by Crippen LogP contribution is 2.27. The van der Waals surface area contributed by atoms with E-state index in [1.54, 1.807) is 11.6 Å². The predicted octanol–water partition coefficient (Wildman–Crippen LogP) is 3.78. The predicted molar refractivity (Wildman–Crippen MR) is 137 cm³/mol. The van der Waals surface area contributed by atoms with Gasteiger partial charge in [0, 0.05) is 19.8 Å². The van der Waals surface area contributed by atoms with Gasteiger partial charge in [-0.3, -0.25) is 18.7 Å². The Morgan fingerprint density at radius 3 is 2.44 bits per heavy atom. The molecule has 0 unspecified atom stereocenters. The Hall–Kier alpha value is -3.98. The fourth-order valence-corrected chi connectivity index (χ4v) is 4.55. The van der Waals surface area contributed by atoms with Crippen molar-refractivity contribution < 1.29 is 4.79 Å². The molecule has 0 aliphatic rings. The number of rotatable bonds is 6. The van der Waals surface area contributed by atoms with Crippen LogP contribution < -0.4 is 16.6 Å². The van der Waals surface area contributed by atoms with E-state index in [1.165, 1.54) is 23.0 Å². The van der Waals surface area contributed by atoms with Gasteiger partial charge in [0.15, 0.2) is 17.0 Å². The van der Waals surface area contributed by atoms with Crippen molar-refractivity contribution in [3.8, 4) is 10.7 Å². The maximum Gasteiger partial charge on any atom is 0.332 e. The Balaban J connectivity index is 1.70. The third-order valence-corrected chi connectivity index (χ3v) is 6.42. The van der Waals surface area contributed by atoms with Crippen LogP contribution in [0.4, 0.5) is 5.69 Å². The summed E-state index contributed by atoms with van der Waals surface area (Å²) >= 11 is 1.44. The minimum Gasteiger partial charge on any atom is -0.325 e. The van der Waals surface area contributed by atoms with Crippen LogP contribution in [0.25, 0.3) is 27.4 Å². The van der Waals surface area contributed by atoms with E-state index in [9.17, 15) is 14.4 Å². The lowest BCUT2D eigenvalue weighted by molar-refractivity contribution is -0.116. The quantitative estimate of drug-likeness (QED) is 0.430. The molecule has 1 N–H and O–H groups in total. The Morgan fingerprint density at radius 1 is 1.09 bits per heavy atom. The second-order valence-corrected chi connectivity index (χ2v) is 8.69. The smallest absolute Gasteiger partial charge is 0.325 e. The molecule has 0 saturated heterocycles. The molecule has 1 amide bonds. The van der Waals surface area contributed by atoms with E-state index in [0.717, 1.165) is 20.6 Å². The average Bonchev–Trinajstić information content (AvgIpc) is 3.49. The zero-order valence-corrected chi connectivity index (χ0v) is 20.2. The van der Waals surface area contributed by atoms with Gasteiger partial charge in [0.05, 0.1) is 4.88 Å². The third-order valence-electron chi connectivity index (χ3n) is 5.55. The summed E-state index contributed by atoms with van der Waals surface area (Å²) in [7, 11) is 2.98. The average molecular weight is 476 g/mol. The van der Waals surface area contributed by atoms with Crippen molar-refractivity contribution in [2.24, 2.45) is 14.1 Å². The van der Waals surface area contributed by atoms with E-state index in [0.29, 0.717) is 11.5 Å². The topological polar surface area (TPSA) is 90.9 Å². The maximum atomic E-state index is 13.0. The Morgan fingerprint density at radius 2 is 1.82 bits per heavy atom. The molecule has 8 nitrogen and oxygen atoms in total. The largest absolute Gasteiger partial charge is 0.332 e. The standard InChI is InChI=1S/C25H25N5O3S/c1-5-8-16(6-2)17-10-12-18(13-11-17)26-20(31)15-30-21-23(27-22(30)19-9-7-14-34-19)28(3)25(33)29(4)24(21)32/h5-14H,15H2,1-4H3,(H,26,31)/b8-5-,16-6+. The number of imidazole rings is 1. The Labute approximate surface area is 200 Å². The van der Waals surface area contributed by atoms with Gasteiger partial charge < -0.3 is 9.88 Å². The van der Waals surface area contributed by atoms with Crippen LogP contribution >= 0.6 is 11.3 Å². The monoisotopic (exact) mass is 475 g/mol. The number of nitrogens with one attached hydrogen (secondary N) is 1. The Kier molecular flexibility index (Phi) is 6.47. The van der Waals surface area contributed by atoms with Gasteiger partial charge in [-0.05, 0) is 48.6 Å². The molecule has 0 fully saturated rings. The van der Waals surface area contributed by atoms with Crippen LogP contribution in [0.2, 0.25) is 0 Å². The van der Waals surface area contributed by atoms with Crippen LogP contribution in [0.15, 0.2) is 69.6 Å². The molecule has 4 aromatic rings. The van der Waals surface area contributed by atoms with Crippen LogP contribution in [0.3, 0.4) is 0 Å². The zero-order valence-electron chi connectivity index (χ0n) is 19.4. The van der Waals surface area contributed by atoms with Gasteiger partial charge >= 0.3 is 5.69 Å². The highest BCUT2D eigenvalue weighted by Gasteiger charge is 2.22. The number of anilines is 1. The van der Waals surface area contributed by atoms with Crippen LogP contribution in [-0.2, 0) is 25.4 Å². The first-order valence-corrected chi connectivity index (χ1v) is 11.6. The zero-order chi connectivity index (χ0) is 24.4. The van der Waals surface area contributed by atoms with Gasteiger partial charge in [-0.15, -0.1) is 11.3 Å². The van der Waals surface area contributed by atoms with E-state index < -0.39 is 11.2 Å². The van der Waals surface area contributed by atoms with Gasteiger partial charge in [0.2, 0.25) is 5.91 Å². The lowest BCUT2D eigenvalue weighted by Gasteiger charge is -2.10. The molecule has 0 saturated carbocycles. The van der Waals surface area contributed by atoms with Gasteiger partial charge in [-0.1, -0.05) is 36.4 Å². The van der Waals surface area contributed by atoms with Crippen molar-refractivity contribution in [2.45, 2.75) is 20.4 Å². The number of thiophene rings is 1. The number of aryl methyl sites for hydroxylation is 1. The van der Waals surface area contributed by atoms with E-state index >= 15 is 0 Å². The summed E-state index contributed by atoms with van der Waals surface area (Å²) in [6.07, 6.45) is 6.03. The molecule has 3 heterocycles. The summed E-state index contributed by atoms with van der Waals surface area (Å²) in [5.74, 6) is 0.165. The fraction of sp³-hybridized carbons (Fsp3) is 0.200. The minimum absolute atomic E-state index is 0.127. The number of hydrogen-bond donors (Lipinski definition) is 1. The molecule has 0 spiro atoms. The molecule has 174 valence electrons. The van der Waals surface area contributed by atoms with Crippen molar-refractivity contribution >= 4 is 39.7 Å². The van der Waals surface area contributed by atoms with Crippen molar-refractivity contribution in [2.75, 3.05) is 5.32 Å². The SMILES string of the molecule is C/C=C\C(=C/C)c1ccc(NC(=O)Cn2c(-c3cccs3)nc3c2c(=O)n(C)c(=O)n3C)cc1. The molecule has 3 aromatic heterocycles. The molecule has 0 aliphatic carbocycles. The van der Waals surface area contributed by atoms with Crippen LogP contribution in [-0.4, -0.2) is 24.6 Å². The van der Waals surface area contributed by atoms with E-state index in [4.69, 9.17) is 0 Å². The summed E-state index contributed by atoms with van der Waals surface area (Å²) in [4.78, 5) is 43.8. The number of aromatic nitrogens is 4. The van der Waals surface area contributed by atoms with Crippen molar-refractivity contribution in [3.63, 3.8) is 0 Å². The molecule has 0 aliphatic heterocycles. The fourth-order valence-electron chi connectivity index (χ4n) is 3.82. The van der Waals surface area contributed by atoms with Crippen LogP contribution in [0, 0.1) is 0 Å². The molecular weight excluding hydrogens is 450 g/mol. The van der Waals surface area contributed by atoms with Gasteiger partial charge in [-0.2, -0.15) is 0 Å². The summed E-state index contributed by atoms with van der Waals surface area (Å²) in [6.45, 7) is 3.82. The summed E-state index contributed by atoms with van der Waals surface area (Å²) in [6, 6.07) is 11.3. The number of allylic oxidation sites excluding steroid dienone is 4. The molecule has 4 rings (SSSR count). The lowest BCUT2D eigenvalue weighted by atomic mass is 10.0. The Bertz CT molecular complexity index is 1530. The first kappa shape index (κ1) is 23.2. The lowest BCUT2D eigenvalue weighted by Crippen LogP contribution is -2.37. The molecule has 0 radical (unpaired) electrons. The van der Waals surface area contributed by atoms with Gasteiger partial charge in [-0.25, -0.2) is 9.78 Å². The molecule has 1 aromatic carbocycles. The number of hydrogen-bond acceptors (Lipinski definition) is 5. The number of carbonyl (C=O) groups excluding carboxylic acids is 1. The second kappa shape index (κ2) is 9.48. The van der Waals surface area contributed by atoms with Crippen molar-refractivity contribution in [1.29, 1.82) is 0 Å². The maximum absolute atomic E-state index is 13.0. The van der Waals surface area contributed by atoms with E-state index in [1.807, 2.05) is 73.9 Å². The van der Waals surface area contributed by atoms with Gasteiger partial charge in [0.1, 0.15) is 6.54 Å². The van der Waals surface area contributed by atoms with Crippen LogP contribution in [0.5, 0.6) is 0 Å². The van der Waals surface area contributed by atoms with Crippen molar-refractivity contribution in [1.82, 2.24) is 18.7 Å². The normalized spacial score (nSPS) is 12.1. The van der Waals surface area contributed by atoms with Gasteiger partial charge in [0.25, 0.3) is 5.56 Å². The highest BCUT2D eigenvalue weighted by atomic mass is 32.1. The van der Waals surface area contributed by atoms with Crippen LogP contribution in [0.1, 0.15) is 19.4 Å². The van der Waals surface area contributed by atoms with E-state index in [2.05, 4.69) is 10.3 Å². The third kappa shape index (κ3) is 4.17. The summed E-state index contributed by atoms with van der Waals surface area (Å²) in [5.41, 5.74) is 2.28. The summed E-state index contributed by atoms with van der Waals surface area (Å²) in [5, 5.41) is 4.79. The number of carbonyl (C=O) groups is 1. The summed E-state index contributed by atoms with van der Waals surface area (Å²) < 4.78 is 3.93. The highest BCUT2D eigenvalue weighted by molar-refractivity contribution is 7.13. The molecular formula is C25H25N5O3S. The molecule has 9 heteroatoms. The minimum atomic E-state index is -0.492. The second-order valence-electron chi connectivity index (χ2n) is 7.75. The number of nitrogens with zero attached hydrogens (tertiary/aromatic N) is 4. The first-order chi connectivity index (χ1) is 16.3. The molecule has 0 atom stereocenters. The van der Waals surface area contributed by atoms with E-state index in [-0.39, 0.29) is 23.6 Å². The number of amides is 1. The van der Waals surface area contributed by atoms with Crippen molar-refractivity contribution in [3.05, 3.63) is 86.4 Å². The molecule has 34 heavy (non-hydrogen) atoms. The first-order valence-electron chi connectivity index (χ1n) is 10.7. The number of benzene rings is 1. The molecule has 0 bridgehead atoms.